The van der Waals surface area contributed by atoms with E-state index < -0.39 is 0 Å². The molecule has 27 heavy (non-hydrogen) atoms. The summed E-state index contributed by atoms with van der Waals surface area (Å²) in [5.41, 5.74) is 1.49. The van der Waals surface area contributed by atoms with Crippen LogP contribution in [0.4, 0.5) is 0 Å². The van der Waals surface area contributed by atoms with Gasteiger partial charge in [-0.05, 0) is 26.0 Å². The van der Waals surface area contributed by atoms with E-state index in [0.717, 1.165) is 11.0 Å². The van der Waals surface area contributed by atoms with Crippen LogP contribution in [0.5, 0.6) is 0 Å². The first-order valence-corrected chi connectivity index (χ1v) is 9.50. The highest BCUT2D eigenvalue weighted by Crippen LogP contribution is 2.13. The number of likely N-dealkylation sites (N-methyl/N-ethyl adjacent to an activating group) is 1. The van der Waals surface area contributed by atoms with Gasteiger partial charge in [0.2, 0.25) is 11.8 Å². The lowest BCUT2D eigenvalue weighted by atomic mass is 10.3. The monoisotopic (exact) mass is 373 g/mol. The molecular weight excluding hydrogens is 346 g/mol. The maximum absolute atomic E-state index is 12.8. The van der Waals surface area contributed by atoms with E-state index in [4.69, 9.17) is 0 Å². The summed E-state index contributed by atoms with van der Waals surface area (Å²) in [7, 11) is 0. The topological polar surface area (TPSA) is 79.6 Å². The van der Waals surface area contributed by atoms with Gasteiger partial charge < -0.3 is 10.2 Å². The molecule has 1 saturated heterocycles. The van der Waals surface area contributed by atoms with E-state index in [1.165, 1.54) is 0 Å². The average molecular weight is 373 g/mol. The number of amides is 2. The number of aromatic nitrogens is 2. The molecule has 2 amide bonds. The number of hydrogen-bond acceptors (Lipinski definition) is 4. The number of nitrogens with zero attached hydrogens (tertiary/aromatic N) is 4. The van der Waals surface area contributed by atoms with Gasteiger partial charge in [-0.3, -0.25) is 23.6 Å². The van der Waals surface area contributed by atoms with Gasteiger partial charge >= 0.3 is 5.69 Å². The summed E-state index contributed by atoms with van der Waals surface area (Å²) in [6.07, 6.45) is 0. The highest BCUT2D eigenvalue weighted by atomic mass is 16.2. The Morgan fingerprint density at radius 1 is 0.963 bits per heavy atom. The lowest BCUT2D eigenvalue weighted by molar-refractivity contribution is -0.133. The number of aryl methyl sites for hydroxylation is 1. The van der Waals surface area contributed by atoms with Gasteiger partial charge in [-0.25, -0.2) is 4.79 Å². The summed E-state index contributed by atoms with van der Waals surface area (Å²) >= 11 is 0. The lowest BCUT2D eigenvalue weighted by Crippen LogP contribution is -2.52. The SMILES string of the molecule is CCNC(=O)CN1CCN(C(=O)Cn2c(=O)n(CC)c3ccccc32)CC1. The molecule has 146 valence electrons. The molecule has 1 aliphatic rings. The van der Waals surface area contributed by atoms with Gasteiger partial charge in [-0.2, -0.15) is 0 Å². The molecule has 2 aromatic rings. The Kier molecular flexibility index (Phi) is 5.95. The Hall–Kier alpha value is -2.61. The Labute approximate surface area is 158 Å². The van der Waals surface area contributed by atoms with Gasteiger partial charge in [0.25, 0.3) is 0 Å². The van der Waals surface area contributed by atoms with Crippen molar-refractivity contribution >= 4 is 22.8 Å². The van der Waals surface area contributed by atoms with Gasteiger partial charge in [0.15, 0.2) is 0 Å². The van der Waals surface area contributed by atoms with Crippen molar-refractivity contribution in [2.24, 2.45) is 0 Å². The van der Waals surface area contributed by atoms with E-state index in [-0.39, 0.29) is 24.0 Å². The molecule has 0 saturated carbocycles. The zero-order valence-electron chi connectivity index (χ0n) is 16.0. The van der Waals surface area contributed by atoms with Crippen LogP contribution in [0, 0.1) is 0 Å². The van der Waals surface area contributed by atoms with Crippen molar-refractivity contribution in [1.82, 2.24) is 24.3 Å². The van der Waals surface area contributed by atoms with Crippen LogP contribution in [-0.4, -0.2) is 70.0 Å². The highest BCUT2D eigenvalue weighted by Gasteiger charge is 2.24. The lowest BCUT2D eigenvalue weighted by Gasteiger charge is -2.34. The predicted molar refractivity (Wildman–Crippen MR) is 104 cm³/mol. The van der Waals surface area contributed by atoms with Gasteiger partial charge in [0.05, 0.1) is 17.6 Å². The van der Waals surface area contributed by atoms with Crippen LogP contribution >= 0.6 is 0 Å². The second kappa shape index (κ2) is 8.39. The molecule has 1 N–H and O–H groups in total. The number of imidazole rings is 1. The predicted octanol–water partition coefficient (Wildman–Crippen LogP) is 0.103. The molecule has 1 aromatic heterocycles. The fourth-order valence-electron chi connectivity index (χ4n) is 3.58. The third kappa shape index (κ3) is 4.05. The fraction of sp³-hybridized carbons (Fsp3) is 0.526. The van der Waals surface area contributed by atoms with Crippen LogP contribution in [0.2, 0.25) is 0 Å². The van der Waals surface area contributed by atoms with Crippen molar-refractivity contribution in [3.63, 3.8) is 0 Å². The third-order valence-electron chi connectivity index (χ3n) is 5.00. The van der Waals surface area contributed by atoms with Crippen LogP contribution in [-0.2, 0) is 22.7 Å². The van der Waals surface area contributed by atoms with E-state index in [0.29, 0.717) is 45.8 Å². The van der Waals surface area contributed by atoms with Gasteiger partial charge in [-0.15, -0.1) is 0 Å². The molecular formula is C19H27N5O3. The Morgan fingerprint density at radius 3 is 2.19 bits per heavy atom. The largest absolute Gasteiger partial charge is 0.355 e. The van der Waals surface area contributed by atoms with Gasteiger partial charge in [0, 0.05) is 39.3 Å². The van der Waals surface area contributed by atoms with E-state index in [9.17, 15) is 14.4 Å². The molecule has 0 spiro atoms. The Bertz CT molecular complexity index is 877. The summed E-state index contributed by atoms with van der Waals surface area (Å²) in [5, 5.41) is 2.79. The minimum Gasteiger partial charge on any atom is -0.355 e. The molecule has 0 unspecified atom stereocenters. The number of para-hydroxylation sites is 2. The number of hydrogen-bond donors (Lipinski definition) is 1. The molecule has 0 aliphatic carbocycles. The zero-order valence-corrected chi connectivity index (χ0v) is 16.0. The average Bonchev–Trinajstić information content (AvgIpc) is 2.93. The van der Waals surface area contributed by atoms with Crippen LogP contribution in [0.15, 0.2) is 29.1 Å². The molecule has 3 rings (SSSR count). The van der Waals surface area contributed by atoms with Crippen LogP contribution in [0.25, 0.3) is 11.0 Å². The number of fused-ring (bicyclic) bond motifs is 1. The molecule has 1 aliphatic heterocycles. The second-order valence-electron chi connectivity index (χ2n) is 6.71. The maximum Gasteiger partial charge on any atom is 0.329 e. The third-order valence-corrected chi connectivity index (χ3v) is 5.00. The van der Waals surface area contributed by atoms with E-state index in [1.54, 1.807) is 14.0 Å². The maximum atomic E-state index is 12.8. The number of nitrogens with one attached hydrogen (secondary N) is 1. The first-order valence-electron chi connectivity index (χ1n) is 9.50. The summed E-state index contributed by atoms with van der Waals surface area (Å²) in [4.78, 5) is 40.9. The standard InChI is InChI=1S/C19H27N5O3/c1-3-20-17(25)13-21-9-11-22(12-10-21)18(26)14-24-16-8-6-5-7-15(16)23(4-2)19(24)27/h5-8H,3-4,9-14H2,1-2H3,(H,20,25). The molecule has 8 heteroatoms. The molecule has 0 atom stereocenters. The first kappa shape index (κ1) is 19.2. The highest BCUT2D eigenvalue weighted by molar-refractivity contribution is 5.81. The number of carbonyl (C=O) groups is 2. The second-order valence-corrected chi connectivity index (χ2v) is 6.71. The Balaban J connectivity index is 1.66. The van der Waals surface area contributed by atoms with E-state index in [1.807, 2.05) is 43.0 Å². The molecule has 1 aromatic carbocycles. The quantitative estimate of drug-likeness (QED) is 0.779. The van der Waals surface area contributed by atoms with Crippen molar-refractivity contribution in [2.45, 2.75) is 26.9 Å². The van der Waals surface area contributed by atoms with Crippen molar-refractivity contribution in [2.75, 3.05) is 39.3 Å². The first-order chi connectivity index (χ1) is 13.0. The Morgan fingerprint density at radius 2 is 1.59 bits per heavy atom. The van der Waals surface area contributed by atoms with E-state index in [2.05, 4.69) is 5.32 Å². The summed E-state index contributed by atoms with van der Waals surface area (Å²) in [6.45, 7) is 7.88. The summed E-state index contributed by atoms with van der Waals surface area (Å²) in [5.74, 6) is -0.0510. The van der Waals surface area contributed by atoms with Crippen molar-refractivity contribution in [3.8, 4) is 0 Å². The van der Waals surface area contributed by atoms with Crippen molar-refractivity contribution in [1.29, 1.82) is 0 Å². The molecule has 0 bridgehead atoms. The fourth-order valence-corrected chi connectivity index (χ4v) is 3.58. The smallest absolute Gasteiger partial charge is 0.329 e. The van der Waals surface area contributed by atoms with Crippen LogP contribution in [0.1, 0.15) is 13.8 Å². The number of rotatable bonds is 6. The normalized spacial score (nSPS) is 15.3. The number of carbonyl (C=O) groups excluding carboxylic acids is 2. The van der Waals surface area contributed by atoms with Crippen molar-refractivity contribution < 1.29 is 9.59 Å². The molecule has 2 heterocycles. The zero-order chi connectivity index (χ0) is 19.4. The van der Waals surface area contributed by atoms with Gasteiger partial charge in [-0.1, -0.05) is 12.1 Å². The molecule has 1 fully saturated rings. The minimum atomic E-state index is -0.151. The summed E-state index contributed by atoms with van der Waals surface area (Å²) in [6, 6.07) is 7.55. The van der Waals surface area contributed by atoms with E-state index >= 15 is 0 Å². The minimum absolute atomic E-state index is 0.0104. The van der Waals surface area contributed by atoms with Gasteiger partial charge in [0.1, 0.15) is 6.54 Å². The van der Waals surface area contributed by atoms with Crippen molar-refractivity contribution in [3.05, 3.63) is 34.7 Å². The molecule has 8 nitrogen and oxygen atoms in total. The number of piperazine rings is 1. The van der Waals surface area contributed by atoms with Crippen LogP contribution < -0.4 is 11.0 Å². The summed E-state index contributed by atoms with van der Waals surface area (Å²) < 4.78 is 3.25. The molecule has 0 radical (unpaired) electrons. The number of benzene rings is 1. The van der Waals surface area contributed by atoms with Crippen LogP contribution in [0.3, 0.4) is 0 Å².